The SMILES string of the molecule is [B]C([B])(O)n1cc(C(C)C)cn1. The molecule has 0 saturated carbocycles. The van der Waals surface area contributed by atoms with E-state index in [2.05, 4.69) is 5.10 Å². The first kappa shape index (κ1) is 9.39. The Morgan fingerprint density at radius 3 is 2.42 bits per heavy atom. The van der Waals surface area contributed by atoms with Gasteiger partial charge in [-0.3, -0.25) is 4.68 Å². The molecule has 0 atom stereocenters. The third kappa shape index (κ3) is 1.91. The van der Waals surface area contributed by atoms with Crippen LogP contribution >= 0.6 is 0 Å². The third-order valence-corrected chi connectivity index (χ3v) is 1.64. The van der Waals surface area contributed by atoms with Crippen molar-refractivity contribution in [3.63, 3.8) is 0 Å². The van der Waals surface area contributed by atoms with Gasteiger partial charge >= 0.3 is 0 Å². The van der Waals surface area contributed by atoms with E-state index < -0.39 is 5.52 Å². The summed E-state index contributed by atoms with van der Waals surface area (Å²) >= 11 is 0. The zero-order valence-electron chi connectivity index (χ0n) is 7.23. The predicted molar refractivity (Wildman–Crippen MR) is 48.0 cm³/mol. The van der Waals surface area contributed by atoms with Crippen molar-refractivity contribution in [2.24, 2.45) is 0 Å². The van der Waals surface area contributed by atoms with Gasteiger partial charge < -0.3 is 5.11 Å². The smallest absolute Gasteiger partial charge is 0.131 e. The summed E-state index contributed by atoms with van der Waals surface area (Å²) in [7, 11) is 10.4. The summed E-state index contributed by atoms with van der Waals surface area (Å²) in [5.74, 6) is 0.348. The van der Waals surface area contributed by atoms with E-state index in [-0.39, 0.29) is 0 Å². The second kappa shape index (κ2) is 2.98. The van der Waals surface area contributed by atoms with Gasteiger partial charge in [-0.15, -0.1) is 0 Å². The third-order valence-electron chi connectivity index (χ3n) is 1.64. The number of rotatable bonds is 2. The lowest BCUT2D eigenvalue weighted by molar-refractivity contribution is 0.126. The molecule has 60 valence electrons. The first-order valence-electron chi connectivity index (χ1n) is 3.76. The summed E-state index contributed by atoms with van der Waals surface area (Å²) in [5, 5.41) is 13.0. The van der Waals surface area contributed by atoms with Crippen molar-refractivity contribution in [1.82, 2.24) is 9.78 Å². The highest BCUT2D eigenvalue weighted by molar-refractivity contribution is 6.36. The molecule has 1 heterocycles. The highest BCUT2D eigenvalue weighted by Gasteiger charge is 2.15. The summed E-state index contributed by atoms with van der Waals surface area (Å²) in [6.07, 6.45) is 3.26. The standard InChI is InChI=1S/C7H10B2N2O/c1-5(2)6-3-10-11(4-6)7(8,9)12/h3-5,12H,1-2H3. The minimum atomic E-state index is -1.90. The fourth-order valence-corrected chi connectivity index (χ4v) is 0.831. The Morgan fingerprint density at radius 2 is 2.17 bits per heavy atom. The second-order valence-electron chi connectivity index (χ2n) is 3.16. The van der Waals surface area contributed by atoms with Crippen molar-refractivity contribution in [1.29, 1.82) is 0 Å². The lowest BCUT2D eigenvalue weighted by Crippen LogP contribution is -2.34. The molecule has 1 rings (SSSR count). The van der Waals surface area contributed by atoms with Crippen LogP contribution in [-0.2, 0) is 5.52 Å². The summed E-state index contributed by atoms with van der Waals surface area (Å²) in [6, 6.07) is 0. The first-order valence-corrected chi connectivity index (χ1v) is 3.76. The fraction of sp³-hybridized carbons (Fsp3) is 0.571. The van der Waals surface area contributed by atoms with E-state index in [4.69, 9.17) is 20.8 Å². The highest BCUT2D eigenvalue weighted by Crippen LogP contribution is 2.14. The predicted octanol–water partition coefficient (Wildman–Crippen LogP) is -0.0964. The topological polar surface area (TPSA) is 38.0 Å². The monoisotopic (exact) mass is 160 g/mol. The molecule has 0 spiro atoms. The maximum atomic E-state index is 9.14. The van der Waals surface area contributed by atoms with Crippen LogP contribution in [0.2, 0.25) is 0 Å². The van der Waals surface area contributed by atoms with Crippen LogP contribution in [0.1, 0.15) is 25.3 Å². The number of aliphatic hydroxyl groups is 1. The van der Waals surface area contributed by atoms with E-state index in [0.717, 1.165) is 10.2 Å². The Hall–Kier alpha value is -0.700. The molecule has 1 aromatic rings. The van der Waals surface area contributed by atoms with Gasteiger partial charge in [0.05, 0.1) is 11.7 Å². The summed E-state index contributed by atoms with van der Waals surface area (Å²) in [6.45, 7) is 4.04. The number of hydrogen-bond acceptors (Lipinski definition) is 2. The molecule has 0 aliphatic heterocycles. The highest BCUT2D eigenvalue weighted by atomic mass is 16.3. The Labute approximate surface area is 74.6 Å². The van der Waals surface area contributed by atoms with E-state index in [1.807, 2.05) is 13.8 Å². The molecule has 5 heteroatoms. The van der Waals surface area contributed by atoms with Crippen LogP contribution in [0.25, 0.3) is 0 Å². The zero-order valence-corrected chi connectivity index (χ0v) is 7.23. The van der Waals surface area contributed by atoms with Crippen LogP contribution in [-0.4, -0.2) is 30.6 Å². The molecule has 0 amide bonds. The molecule has 4 radical (unpaired) electrons. The van der Waals surface area contributed by atoms with Crippen LogP contribution in [0, 0.1) is 0 Å². The summed E-state index contributed by atoms with van der Waals surface area (Å²) in [5.41, 5.74) is -0.906. The van der Waals surface area contributed by atoms with Crippen molar-refractivity contribution >= 4 is 15.7 Å². The minimum absolute atomic E-state index is 0.348. The number of nitrogens with zero attached hydrogens (tertiary/aromatic N) is 2. The van der Waals surface area contributed by atoms with Crippen molar-refractivity contribution < 1.29 is 5.11 Å². The number of hydrogen-bond donors (Lipinski definition) is 1. The molecule has 0 aromatic carbocycles. The van der Waals surface area contributed by atoms with Crippen LogP contribution in [0.4, 0.5) is 0 Å². The molecular formula is C7H10B2N2O. The second-order valence-corrected chi connectivity index (χ2v) is 3.16. The van der Waals surface area contributed by atoms with Crippen molar-refractivity contribution in [2.45, 2.75) is 25.3 Å². The van der Waals surface area contributed by atoms with Gasteiger partial charge in [-0.1, -0.05) is 13.8 Å². The summed E-state index contributed by atoms with van der Waals surface area (Å²) < 4.78 is 1.13. The molecular weight excluding hydrogens is 150 g/mol. The quantitative estimate of drug-likeness (QED) is 0.613. The zero-order chi connectivity index (χ0) is 9.35. The van der Waals surface area contributed by atoms with Gasteiger partial charge in [0.25, 0.3) is 0 Å². The molecule has 0 fully saturated rings. The van der Waals surface area contributed by atoms with Gasteiger partial charge in [0.2, 0.25) is 0 Å². The lowest BCUT2D eigenvalue weighted by Gasteiger charge is -2.18. The molecule has 1 aromatic heterocycles. The van der Waals surface area contributed by atoms with E-state index >= 15 is 0 Å². The van der Waals surface area contributed by atoms with Gasteiger partial charge in [-0.2, -0.15) is 5.10 Å². The summed E-state index contributed by atoms with van der Waals surface area (Å²) in [4.78, 5) is 0. The van der Waals surface area contributed by atoms with Gasteiger partial charge in [0.1, 0.15) is 15.7 Å². The molecule has 0 bridgehead atoms. The van der Waals surface area contributed by atoms with Crippen LogP contribution in [0.5, 0.6) is 0 Å². The van der Waals surface area contributed by atoms with Crippen molar-refractivity contribution in [3.8, 4) is 0 Å². The van der Waals surface area contributed by atoms with Crippen LogP contribution < -0.4 is 0 Å². The van der Waals surface area contributed by atoms with Crippen molar-refractivity contribution in [3.05, 3.63) is 18.0 Å². The Morgan fingerprint density at radius 1 is 1.58 bits per heavy atom. The fourth-order valence-electron chi connectivity index (χ4n) is 0.831. The molecule has 1 N–H and O–H groups in total. The van der Waals surface area contributed by atoms with Crippen molar-refractivity contribution in [2.75, 3.05) is 0 Å². The Kier molecular flexibility index (Phi) is 2.33. The number of aromatic nitrogens is 2. The maximum Gasteiger partial charge on any atom is 0.131 e. The average Bonchev–Trinajstić information content (AvgIpc) is 2.30. The maximum absolute atomic E-state index is 9.14. The lowest BCUT2D eigenvalue weighted by atomic mass is 9.73. The van der Waals surface area contributed by atoms with Gasteiger partial charge in [-0.25, -0.2) is 0 Å². The van der Waals surface area contributed by atoms with E-state index in [0.29, 0.717) is 5.92 Å². The average molecular weight is 160 g/mol. The molecule has 3 nitrogen and oxygen atoms in total. The van der Waals surface area contributed by atoms with E-state index in [1.54, 1.807) is 12.4 Å². The van der Waals surface area contributed by atoms with Gasteiger partial charge in [0, 0.05) is 6.20 Å². The first-order chi connectivity index (χ1) is 5.41. The molecule has 0 aliphatic rings. The Bertz CT molecular complexity index is 265. The van der Waals surface area contributed by atoms with Gasteiger partial charge in [0.15, 0.2) is 0 Å². The molecule has 0 saturated heterocycles. The Balaban J connectivity index is 2.92. The normalized spacial score (nSPS) is 12.3. The van der Waals surface area contributed by atoms with Crippen LogP contribution in [0.3, 0.4) is 0 Å². The van der Waals surface area contributed by atoms with Crippen LogP contribution in [0.15, 0.2) is 12.4 Å². The van der Waals surface area contributed by atoms with E-state index in [9.17, 15) is 0 Å². The molecule has 0 unspecified atom stereocenters. The van der Waals surface area contributed by atoms with Gasteiger partial charge in [-0.05, 0) is 11.5 Å². The molecule has 0 aliphatic carbocycles. The minimum Gasteiger partial charge on any atom is -0.388 e. The largest absolute Gasteiger partial charge is 0.388 e. The molecule has 12 heavy (non-hydrogen) atoms. The van der Waals surface area contributed by atoms with E-state index in [1.165, 1.54) is 0 Å².